The number of aliphatic hydroxyl groups excluding tert-OH is 30. The number of aliphatic hydroxyl groups is 30. The molecule has 9 fully saturated rings. The molecule has 9 heterocycles. The number of carbonyl (C=O) groups excluding carboxylic acids is 6. The van der Waals surface area contributed by atoms with Crippen LogP contribution in [0.1, 0.15) is 59.8 Å². The lowest BCUT2D eigenvalue weighted by Gasteiger charge is -2.53. The van der Waals surface area contributed by atoms with Crippen molar-refractivity contribution in [1.82, 2.24) is 31.9 Å². The maximum absolute atomic E-state index is 14.6. The van der Waals surface area contributed by atoms with Crippen molar-refractivity contribution in [3.05, 3.63) is 0 Å². The predicted molar refractivity (Wildman–Crippen MR) is 455 cm³/mol. The quantitative estimate of drug-likeness (QED) is 0.0269. The average Bonchev–Trinajstić information content (AvgIpc) is 0.742. The molecule has 0 bridgehead atoms. The third-order valence-corrected chi connectivity index (χ3v) is 26.3. The molecule has 9 saturated heterocycles. The van der Waals surface area contributed by atoms with Crippen LogP contribution >= 0.6 is 0 Å². The molecule has 862 valence electrons. The molecule has 0 radical (unpaired) electrons. The minimum atomic E-state index is -4.03. The fraction of sp³-hybridized carbons (Fsp3) is 0.864. The van der Waals surface area contributed by atoms with Gasteiger partial charge in [0.15, 0.2) is 25.2 Å². The molecule has 6 amide bonds. The lowest BCUT2D eigenvalue weighted by Crippen LogP contribution is -2.73. The number of hydrogen-bond acceptors (Lipinski definition) is 58. The van der Waals surface area contributed by atoms with Gasteiger partial charge in [0.1, 0.15) is 202 Å². The summed E-state index contributed by atoms with van der Waals surface area (Å²) in [5, 5.41) is 406. The lowest BCUT2D eigenvalue weighted by atomic mass is 9.86. The van der Waals surface area contributed by atoms with E-state index in [-0.39, 0.29) is 0 Å². The molecule has 0 aliphatic carbocycles. The molecule has 9 rings (SSSR count). The van der Waals surface area contributed by atoms with Gasteiger partial charge in [0, 0.05) is 59.8 Å². The molecule has 0 saturated carbocycles. The van der Waals surface area contributed by atoms with Crippen LogP contribution in [0.4, 0.5) is 0 Å². The van der Waals surface area contributed by atoms with Crippen LogP contribution in [0.15, 0.2) is 0 Å². The summed E-state index contributed by atoms with van der Waals surface area (Å²) in [5.41, 5.74) is 0. The van der Waals surface area contributed by atoms with Crippen LogP contribution in [0.5, 0.6) is 0 Å². The van der Waals surface area contributed by atoms with Crippen LogP contribution < -0.4 is 31.9 Å². The zero-order chi connectivity index (χ0) is 112. The van der Waals surface area contributed by atoms with E-state index in [1.54, 1.807) is 0 Å². The van der Waals surface area contributed by atoms with Gasteiger partial charge in [0.05, 0.1) is 120 Å². The number of nitrogens with one attached hydrogen (secondary N) is 6. The molecule has 69 heteroatoms. The minimum absolute atomic E-state index is 0.710. The van der Waals surface area contributed by atoms with Crippen molar-refractivity contribution in [3.8, 4) is 0 Å². The largest absolute Gasteiger partial charge is 0.477 e. The highest BCUT2D eigenvalue weighted by atomic mass is 16.8. The fourth-order valence-corrected chi connectivity index (χ4v) is 18.9. The predicted octanol–water partition coefficient (Wildman–Crippen LogP) is -25.8. The summed E-state index contributed by atoms with van der Waals surface area (Å²) < 4.78 is 99.1. The maximum atomic E-state index is 14.6. The van der Waals surface area contributed by atoms with E-state index >= 15 is 0 Å². The van der Waals surface area contributed by atoms with E-state index in [1.807, 2.05) is 10.6 Å². The Balaban J connectivity index is 1.09. The molecule has 41 N–H and O–H groups in total. The Morgan fingerprint density at radius 3 is 0.867 bits per heavy atom. The number of carboxylic acid groups (broad SMARTS) is 5. The van der Waals surface area contributed by atoms with Gasteiger partial charge in [-0.1, -0.05) is 0 Å². The molecule has 0 spiro atoms. The van der Waals surface area contributed by atoms with Crippen LogP contribution in [0.2, 0.25) is 0 Å². The smallest absolute Gasteiger partial charge is 0.364 e. The highest BCUT2D eigenvalue weighted by Crippen LogP contribution is 2.47. The molecular formula is C81H130N6O63. The van der Waals surface area contributed by atoms with Crippen LogP contribution in [-0.2, 0) is 133 Å². The van der Waals surface area contributed by atoms with E-state index < -0.39 is 474 Å². The normalized spacial score (nSPS) is 41.5. The van der Waals surface area contributed by atoms with Gasteiger partial charge in [0.25, 0.3) is 28.9 Å². The summed E-state index contributed by atoms with van der Waals surface area (Å²) in [6.07, 6.45) is -109. The van der Waals surface area contributed by atoms with Crippen molar-refractivity contribution in [2.45, 2.75) is 364 Å². The van der Waals surface area contributed by atoms with Crippen molar-refractivity contribution in [2.24, 2.45) is 0 Å². The maximum Gasteiger partial charge on any atom is 0.364 e. The zero-order valence-corrected chi connectivity index (χ0v) is 79.4. The van der Waals surface area contributed by atoms with Crippen molar-refractivity contribution in [1.29, 1.82) is 0 Å². The summed E-state index contributed by atoms with van der Waals surface area (Å²) in [5.74, 6) is -38.3. The van der Waals surface area contributed by atoms with Crippen LogP contribution in [0.3, 0.4) is 0 Å². The van der Waals surface area contributed by atoms with Gasteiger partial charge in [-0.25, -0.2) is 24.0 Å². The second-order valence-electron chi connectivity index (χ2n) is 36.8. The van der Waals surface area contributed by atoms with Crippen molar-refractivity contribution < 1.29 is 312 Å². The molecule has 50 atom stereocenters. The second kappa shape index (κ2) is 52.9. The summed E-state index contributed by atoms with van der Waals surface area (Å²) in [4.78, 5) is 147. The SMILES string of the molecule is CC(=O)N[C@H]1[C@H](O[C@@H]2[C@H](O[C@]3(C(=O)O)C[C@H](O)[C@@H](NC(=O)CO)[C@H]([C@H](O)[C@@H](CO)O[C@]4(C(=O)O)C[C@H](O)[C@@H](NC(C)=O)[C@H]([C@H](O)[C@@H](CO)O[C@]5(C(=O)O)C[C@H](O)[C@@H](NC(=O)CO)[C@H]([C@H](O)[C@H](O)CO)O5)O4)O3)[C@@H](O)[C@H](O[C@H]3[C@H](O)[C@@H](O)[C@H](O)O[C@@H]3CO)O[C@@H]2CO)O[C@H](CO)[C@H](O)[C@@H]1O[C@@H]1O[C@H](CO)[C@H](O)[C@H](O[C@]2(C(=O)O)C[C@H](O)[C@@H](NC(C)=O)[C@H]([C@H](O)[C@@H](CO)O[C@]3(C(=O)O)C[C@H](O)[C@@H](NC(C)=O)[C@H]([C@H](O)[C@H](O)CO)O3)O2)[C@H]1O. The van der Waals surface area contributed by atoms with E-state index in [2.05, 4.69) is 21.3 Å². The standard InChI is InChI=1S/C81H130N6O63/c1-21(99)82-41-25(103)5-77(72(124)125,144-61(41)47(112)30(108)10-88)141-35(15-93)52(117)64-43(84-23(3)101)27(105)8-80(147-64,75(130)131)149-66-50(115)33(13-91)136-70(56(66)121)140-60-46(85-24(4)102)69(135-32(12-90)49(60)114)139-59-38(18-96)137-71(138-58-37(17-95)134-68(123)55(120)54(58)119)57(122)67(59)150-81(76(132)133)9-29(107)45(87-40(111)20-98)65(148-81)53(118)36(16-94)143-79(74(128)129)6-26(104)42(83-22(2)100)63(146-79)51(116)34(14-92)142-78(73(126)127)7-28(106)44(86-39(110)19-97)62(145-78)48(113)31(109)11-89/h25-38,41-71,88-98,103-109,112-123H,5-20H2,1-4H3,(H,82,99)(H,83,100)(H,84,101)(H,85,102)(H,86,110)(H,87,111)(H,124,125)(H,126,127)(H,128,129)(H,130,131)(H,132,133)/t25-,26-,27-,28-,29-,30+,31+,32+,33+,34+,35+,36+,37+,38+,41+,42+,43+,44+,45+,46+,47+,48+,49-,50-,51+,52+,53+,54+,55+,56+,57+,58+,59-,60+,61+,62+,63+,64+,65+,66-,67+,68+,69-,70-,71-,77+,78+,79+,80-,81-/m0/s1. The Hall–Kier alpha value is -7.71. The monoisotopic (exact) mass is 2190 g/mol. The zero-order valence-electron chi connectivity index (χ0n) is 79.4. The van der Waals surface area contributed by atoms with Crippen LogP contribution in [0, 0.1) is 0 Å². The lowest BCUT2D eigenvalue weighted by molar-refractivity contribution is -0.405. The van der Waals surface area contributed by atoms with Gasteiger partial charge in [-0.15, -0.1) is 0 Å². The third-order valence-electron chi connectivity index (χ3n) is 26.3. The number of carboxylic acids is 5. The number of hydrogen-bond donors (Lipinski definition) is 41. The Kier molecular flexibility index (Phi) is 44.3. The number of aliphatic carboxylic acids is 5. The summed E-state index contributed by atoms with van der Waals surface area (Å²) in [6, 6.07) is -13.3. The van der Waals surface area contributed by atoms with E-state index in [1.165, 1.54) is 0 Å². The van der Waals surface area contributed by atoms with Gasteiger partial charge in [0.2, 0.25) is 35.4 Å². The topological polar surface area (TPSA) is 1120 Å². The first-order chi connectivity index (χ1) is 70.3. The molecule has 0 aromatic rings. The molecule has 0 aromatic heterocycles. The van der Waals surface area contributed by atoms with Gasteiger partial charge < -0.3 is 291 Å². The van der Waals surface area contributed by atoms with Gasteiger partial charge >= 0.3 is 29.8 Å². The van der Waals surface area contributed by atoms with Gasteiger partial charge in [-0.05, 0) is 0 Å². The van der Waals surface area contributed by atoms with Crippen molar-refractivity contribution >= 4 is 65.3 Å². The molecule has 0 unspecified atom stereocenters. The first-order valence-corrected chi connectivity index (χ1v) is 46.1. The number of carbonyl (C=O) groups is 11. The van der Waals surface area contributed by atoms with Crippen molar-refractivity contribution in [3.63, 3.8) is 0 Å². The molecule has 9 aliphatic rings. The Morgan fingerprint density at radius 2 is 0.553 bits per heavy atom. The van der Waals surface area contributed by atoms with Crippen LogP contribution in [-0.4, -0.2) is 621 Å². The Bertz CT molecular complexity index is 4490. The molecule has 9 aliphatic heterocycles. The highest BCUT2D eigenvalue weighted by molar-refractivity contribution is 5.81. The molecular weight excluding hydrogens is 2060 g/mol. The first kappa shape index (κ1) is 126. The third kappa shape index (κ3) is 27.4. The van der Waals surface area contributed by atoms with E-state index in [0.29, 0.717) is 6.92 Å². The summed E-state index contributed by atoms with van der Waals surface area (Å²) >= 11 is 0. The van der Waals surface area contributed by atoms with E-state index in [0.717, 1.165) is 20.8 Å². The highest BCUT2D eigenvalue weighted by Gasteiger charge is 2.69. The molecule has 0 aromatic carbocycles. The number of rotatable bonds is 48. The first-order valence-electron chi connectivity index (χ1n) is 46.1. The molecule has 150 heavy (non-hydrogen) atoms. The van der Waals surface area contributed by atoms with Crippen LogP contribution in [0.25, 0.3) is 0 Å². The summed E-state index contributed by atoms with van der Waals surface area (Å²) in [7, 11) is 0. The van der Waals surface area contributed by atoms with Crippen molar-refractivity contribution in [2.75, 3.05) is 72.7 Å². The summed E-state index contributed by atoms with van der Waals surface area (Å²) in [6.45, 7) is -13.6. The fourth-order valence-electron chi connectivity index (χ4n) is 18.9. The molecule has 69 nitrogen and oxygen atoms in total. The second-order valence-corrected chi connectivity index (χ2v) is 36.8. The Morgan fingerprint density at radius 1 is 0.287 bits per heavy atom. The van der Waals surface area contributed by atoms with E-state index in [4.69, 9.17) is 80.5 Å². The average molecular weight is 2200 g/mol. The van der Waals surface area contributed by atoms with Gasteiger partial charge in [-0.2, -0.15) is 0 Å². The Labute approximate surface area is 843 Å². The minimum Gasteiger partial charge on any atom is -0.477 e. The number of amides is 6. The van der Waals surface area contributed by atoms with E-state index in [9.17, 15) is 231 Å². The van der Waals surface area contributed by atoms with Gasteiger partial charge in [-0.3, -0.25) is 28.8 Å². The number of ether oxygens (including phenoxy) is 17.